The zero-order chi connectivity index (χ0) is 34.8. The number of hydrogen-bond donors (Lipinski definition) is 0. The SMILES string of the molecule is CCC1=Cc2c(-c3ccc(C(C)(C)C)cc3)cccc2[CH]1[Zr]([CH3])([CH3])([CH]1C(CC)=Cc2c(-c3ccc(C(C)(C)C)cc3)cccc21)[SiH](C)C. The van der Waals surface area contributed by atoms with E-state index in [2.05, 4.69) is 175 Å². The summed E-state index contributed by atoms with van der Waals surface area (Å²) in [6, 6.07) is 33.4. The van der Waals surface area contributed by atoms with Gasteiger partial charge in [0.25, 0.3) is 0 Å². The van der Waals surface area contributed by atoms with Crippen LogP contribution >= 0.6 is 0 Å². The van der Waals surface area contributed by atoms with Gasteiger partial charge in [0.05, 0.1) is 0 Å². The fourth-order valence-corrected chi connectivity index (χ4v) is 39.2. The molecule has 2 aliphatic carbocycles. The molecule has 251 valence electrons. The molecule has 4 aromatic rings. The summed E-state index contributed by atoms with van der Waals surface area (Å²) in [6.45, 7) is 24.1. The van der Waals surface area contributed by atoms with Crippen molar-refractivity contribution in [2.75, 3.05) is 0 Å². The maximum atomic E-state index is 2.90. The van der Waals surface area contributed by atoms with Gasteiger partial charge < -0.3 is 0 Å². The van der Waals surface area contributed by atoms with Gasteiger partial charge in [0.1, 0.15) is 0 Å². The third-order valence-corrected chi connectivity index (χ3v) is 59.6. The van der Waals surface area contributed by atoms with Crippen LogP contribution in [0, 0.1) is 0 Å². The van der Waals surface area contributed by atoms with E-state index in [0.717, 1.165) is 12.8 Å². The molecule has 0 saturated carbocycles. The molecule has 2 unspecified atom stereocenters. The Morgan fingerprint density at radius 3 is 1.19 bits per heavy atom. The van der Waals surface area contributed by atoms with E-state index in [1.165, 1.54) is 44.5 Å². The fourth-order valence-electron chi connectivity index (χ4n) is 9.33. The van der Waals surface area contributed by atoms with E-state index >= 15 is 0 Å². The first kappa shape index (κ1) is 35.3. The Morgan fingerprint density at radius 1 is 0.542 bits per heavy atom. The van der Waals surface area contributed by atoms with Crippen LogP contribution in [0.2, 0.25) is 22.4 Å². The predicted molar refractivity (Wildman–Crippen MR) is 214 cm³/mol. The summed E-state index contributed by atoms with van der Waals surface area (Å²) < 4.78 is 6.96. The Balaban J connectivity index is 1.51. The second-order valence-corrected chi connectivity index (χ2v) is 56.0. The van der Waals surface area contributed by atoms with E-state index in [9.17, 15) is 0 Å². The molecule has 0 aromatic heterocycles. The molecule has 48 heavy (non-hydrogen) atoms. The van der Waals surface area contributed by atoms with Crippen LogP contribution < -0.4 is 0 Å². The summed E-state index contributed by atoms with van der Waals surface area (Å²) in [5, 5.41) is 0. The van der Waals surface area contributed by atoms with Crippen LogP contribution in [0.1, 0.15) is 109 Å². The van der Waals surface area contributed by atoms with Crippen LogP contribution in [0.25, 0.3) is 34.4 Å². The molecule has 0 aliphatic heterocycles. The van der Waals surface area contributed by atoms with Crippen LogP contribution in [-0.2, 0) is 28.8 Å². The molecule has 0 bridgehead atoms. The van der Waals surface area contributed by atoms with Gasteiger partial charge in [0.15, 0.2) is 0 Å². The van der Waals surface area contributed by atoms with Crippen molar-refractivity contribution in [1.29, 1.82) is 0 Å². The van der Waals surface area contributed by atoms with Gasteiger partial charge in [-0.1, -0.05) is 0 Å². The number of fused-ring (bicyclic) bond motifs is 2. The predicted octanol–water partition coefficient (Wildman–Crippen LogP) is 13.8. The number of allylic oxidation sites excluding steroid dienone is 2. The average molecular weight is 731 g/mol. The zero-order valence-electron chi connectivity index (χ0n) is 31.9. The van der Waals surface area contributed by atoms with Gasteiger partial charge in [0.2, 0.25) is 0 Å². The van der Waals surface area contributed by atoms with Gasteiger partial charge in [-0.3, -0.25) is 0 Å². The number of hydrogen-bond acceptors (Lipinski definition) is 0. The Bertz CT molecular complexity index is 1770. The van der Waals surface area contributed by atoms with E-state index in [-0.39, 0.29) is 10.8 Å². The Morgan fingerprint density at radius 2 is 0.896 bits per heavy atom. The van der Waals surface area contributed by atoms with Gasteiger partial charge in [-0.05, 0) is 0 Å². The molecule has 0 amide bonds. The Hall–Kier alpha value is -2.54. The topological polar surface area (TPSA) is 0 Å². The Kier molecular flexibility index (Phi) is 9.08. The molecule has 0 radical (unpaired) electrons. The third-order valence-electron chi connectivity index (χ3n) is 12.9. The van der Waals surface area contributed by atoms with Crippen LogP contribution in [0.3, 0.4) is 0 Å². The summed E-state index contributed by atoms with van der Waals surface area (Å²) >= 11 is -3.74. The summed E-state index contributed by atoms with van der Waals surface area (Å²) in [5.41, 5.74) is 18.2. The van der Waals surface area contributed by atoms with Crippen molar-refractivity contribution >= 4 is 18.1 Å². The second kappa shape index (κ2) is 12.3. The van der Waals surface area contributed by atoms with Crippen molar-refractivity contribution < 1.29 is 17.9 Å². The van der Waals surface area contributed by atoms with Crippen molar-refractivity contribution in [2.45, 2.75) is 109 Å². The first-order chi connectivity index (χ1) is 22.5. The molecule has 6 rings (SSSR count). The standard InChI is InChI=1S/2C21H23.C2H7Si.2CH3.Zr/c2*1-5-15-13-17-7-6-8-19(20(17)14-15)16-9-11-18(12-10-16)21(2,3)4;1-3-2;;;/h2*6-14H,5H2,1-4H3;3H,1-2H3;2*1H3;. The maximum absolute atomic E-state index is 3.74. The van der Waals surface area contributed by atoms with Crippen LogP contribution in [0.4, 0.5) is 0 Å². The van der Waals surface area contributed by atoms with E-state index in [0.29, 0.717) is 7.25 Å². The van der Waals surface area contributed by atoms with Gasteiger partial charge in [-0.15, -0.1) is 0 Å². The monoisotopic (exact) mass is 729 g/mol. The van der Waals surface area contributed by atoms with Gasteiger partial charge in [-0.25, -0.2) is 0 Å². The van der Waals surface area contributed by atoms with Crippen molar-refractivity contribution in [3.63, 3.8) is 0 Å². The van der Waals surface area contributed by atoms with E-state index in [4.69, 9.17) is 0 Å². The van der Waals surface area contributed by atoms with Crippen molar-refractivity contribution in [3.05, 3.63) is 129 Å². The molecule has 0 heterocycles. The molecular weight excluding hydrogens is 672 g/mol. The molecule has 2 aliphatic rings. The van der Waals surface area contributed by atoms with Crippen molar-refractivity contribution in [3.8, 4) is 22.3 Å². The summed E-state index contributed by atoms with van der Waals surface area (Å²) in [7, 11) is 0. The molecule has 0 N–H and O–H groups in total. The van der Waals surface area contributed by atoms with Crippen LogP contribution in [0.5, 0.6) is 0 Å². The number of benzene rings is 4. The van der Waals surface area contributed by atoms with Gasteiger partial charge in [0, 0.05) is 0 Å². The molecule has 0 nitrogen and oxygen atoms in total. The quantitative estimate of drug-likeness (QED) is 0.166. The zero-order valence-corrected chi connectivity index (χ0v) is 35.5. The molecule has 0 fully saturated rings. The van der Waals surface area contributed by atoms with Gasteiger partial charge >= 0.3 is 296 Å². The molecule has 0 spiro atoms. The molecular formula is C46H59SiZr. The minimum absolute atomic E-state index is 0.155. The first-order valence-corrected chi connectivity index (χ1v) is 33.5. The molecule has 2 atom stereocenters. The van der Waals surface area contributed by atoms with E-state index in [1.54, 1.807) is 22.3 Å². The van der Waals surface area contributed by atoms with Crippen LogP contribution in [0.15, 0.2) is 96.1 Å². The second-order valence-electron chi connectivity index (χ2n) is 18.2. The third kappa shape index (κ3) is 5.68. The van der Waals surface area contributed by atoms with Gasteiger partial charge in [-0.2, -0.15) is 0 Å². The first-order valence-electron chi connectivity index (χ1n) is 18.6. The summed E-state index contributed by atoms with van der Waals surface area (Å²) in [6.07, 6.45) is 7.53. The van der Waals surface area contributed by atoms with Crippen LogP contribution in [-0.4, -0.2) is 5.92 Å². The molecule has 0 saturated heterocycles. The Labute approximate surface area is 294 Å². The minimum atomic E-state index is -3.74. The van der Waals surface area contributed by atoms with Crippen molar-refractivity contribution in [2.24, 2.45) is 0 Å². The number of rotatable bonds is 7. The summed E-state index contributed by atoms with van der Waals surface area (Å²) in [5.74, 6) is -1.15. The normalized spacial score (nSPS) is 18.6. The average Bonchev–Trinajstić information content (AvgIpc) is 3.64. The van der Waals surface area contributed by atoms with E-state index < -0.39 is 23.9 Å². The fraction of sp³-hybridized carbons (Fsp3) is 0.391. The van der Waals surface area contributed by atoms with Crippen molar-refractivity contribution in [1.82, 2.24) is 0 Å². The van der Waals surface area contributed by atoms with E-state index in [1.807, 2.05) is 0 Å². The molecule has 2 heteroatoms. The molecule has 4 aromatic carbocycles. The summed E-state index contributed by atoms with van der Waals surface area (Å²) in [4.78, 5) is 0.